The summed E-state index contributed by atoms with van der Waals surface area (Å²) < 4.78 is 61.3. The number of rotatable bonds is 7. The van der Waals surface area contributed by atoms with Gasteiger partial charge in [-0.05, 0) is 43.7 Å². The first-order valence-electron chi connectivity index (χ1n) is 9.21. The molecule has 166 valence electrons. The van der Waals surface area contributed by atoms with Crippen LogP contribution in [0.2, 0.25) is 0 Å². The van der Waals surface area contributed by atoms with Crippen LogP contribution in [0, 0.1) is 5.92 Å². The highest BCUT2D eigenvalue weighted by Gasteiger charge is 2.50. The second kappa shape index (κ2) is 11.9. The molecule has 0 radical (unpaired) electrons. The molecule has 0 atom stereocenters. The molecule has 2 rings (SSSR count). The van der Waals surface area contributed by atoms with Gasteiger partial charge in [0.25, 0.3) is 0 Å². The van der Waals surface area contributed by atoms with Crippen molar-refractivity contribution in [2.45, 2.75) is 31.7 Å². The summed E-state index contributed by atoms with van der Waals surface area (Å²) in [6, 6.07) is 3.86. The van der Waals surface area contributed by atoms with Crippen LogP contribution in [0.5, 0.6) is 0 Å². The first-order valence-corrected chi connectivity index (χ1v) is 10.7. The number of nitrogens with one attached hydrogen (secondary N) is 2. The van der Waals surface area contributed by atoms with Crippen LogP contribution in [0.1, 0.15) is 25.3 Å². The Morgan fingerprint density at radius 1 is 1.31 bits per heavy atom. The highest BCUT2D eigenvalue weighted by Crippen LogP contribution is 2.30. The molecule has 7 nitrogen and oxygen atoms in total. The topological polar surface area (TPSA) is 86.7 Å². The largest absolute Gasteiger partial charge is 0.511 e. The number of pyridine rings is 1. The zero-order chi connectivity index (χ0) is 20.6. The number of guanidine groups is 1. The fourth-order valence-corrected chi connectivity index (χ4v) is 3.90. The van der Waals surface area contributed by atoms with Gasteiger partial charge in [-0.2, -0.15) is 17.5 Å². The van der Waals surface area contributed by atoms with Crippen LogP contribution >= 0.6 is 24.0 Å². The van der Waals surface area contributed by atoms with E-state index in [0.717, 1.165) is 12.0 Å². The Bertz CT molecular complexity index is 739. The lowest BCUT2D eigenvalue weighted by Crippen LogP contribution is -2.45. The molecule has 0 aromatic carbocycles. The third-order valence-corrected chi connectivity index (χ3v) is 6.12. The zero-order valence-corrected chi connectivity index (χ0v) is 19.3. The summed E-state index contributed by atoms with van der Waals surface area (Å²) in [6.07, 6.45) is 5.01. The van der Waals surface area contributed by atoms with E-state index in [2.05, 4.69) is 20.6 Å². The van der Waals surface area contributed by atoms with E-state index < -0.39 is 15.5 Å². The molecule has 29 heavy (non-hydrogen) atoms. The maximum Gasteiger partial charge on any atom is 0.511 e. The van der Waals surface area contributed by atoms with Crippen molar-refractivity contribution in [2.24, 2.45) is 10.9 Å². The van der Waals surface area contributed by atoms with Crippen molar-refractivity contribution >= 4 is 40.0 Å². The summed E-state index contributed by atoms with van der Waals surface area (Å²) in [4.78, 5) is 8.56. The lowest BCUT2D eigenvalue weighted by Gasteiger charge is -2.30. The van der Waals surface area contributed by atoms with Gasteiger partial charge in [-0.3, -0.25) is 9.98 Å². The molecule has 12 heteroatoms. The first kappa shape index (κ1) is 25.9. The number of piperidine rings is 1. The van der Waals surface area contributed by atoms with E-state index in [1.165, 1.54) is 0 Å². The lowest BCUT2D eigenvalue weighted by molar-refractivity contribution is -0.0496. The molecule has 2 heterocycles. The monoisotopic (exact) mass is 549 g/mol. The Morgan fingerprint density at radius 2 is 2.00 bits per heavy atom. The average Bonchev–Trinajstić information content (AvgIpc) is 2.66. The smallest absolute Gasteiger partial charge is 0.357 e. The molecule has 1 saturated heterocycles. The molecular formula is C17H27F3IN5O2S. The summed E-state index contributed by atoms with van der Waals surface area (Å²) in [5.74, 6) is 0.685. The van der Waals surface area contributed by atoms with Gasteiger partial charge in [0.05, 0.1) is 0 Å². The minimum absolute atomic E-state index is 0. The predicted octanol–water partition coefficient (Wildman–Crippen LogP) is 2.36. The van der Waals surface area contributed by atoms with Crippen molar-refractivity contribution in [3.05, 3.63) is 30.1 Å². The van der Waals surface area contributed by atoms with Gasteiger partial charge in [0.2, 0.25) is 0 Å². The van der Waals surface area contributed by atoms with Gasteiger partial charge in [0.15, 0.2) is 5.96 Å². The van der Waals surface area contributed by atoms with Gasteiger partial charge in [0.1, 0.15) is 0 Å². The van der Waals surface area contributed by atoms with Gasteiger partial charge in [0, 0.05) is 45.1 Å². The highest BCUT2D eigenvalue weighted by molar-refractivity contribution is 14.0. The second-order valence-electron chi connectivity index (χ2n) is 6.55. The molecule has 1 fully saturated rings. The molecule has 0 bridgehead atoms. The van der Waals surface area contributed by atoms with E-state index in [1.54, 1.807) is 12.4 Å². The predicted molar refractivity (Wildman–Crippen MR) is 117 cm³/mol. The molecular weight excluding hydrogens is 522 g/mol. The number of hydrogen-bond donors (Lipinski definition) is 2. The van der Waals surface area contributed by atoms with Crippen LogP contribution in [0.25, 0.3) is 0 Å². The van der Waals surface area contributed by atoms with Crippen molar-refractivity contribution in [1.82, 2.24) is 19.9 Å². The summed E-state index contributed by atoms with van der Waals surface area (Å²) >= 11 is 0. The third kappa shape index (κ3) is 7.89. The Balaban J connectivity index is 0.00000420. The zero-order valence-electron chi connectivity index (χ0n) is 16.2. The second-order valence-corrected chi connectivity index (χ2v) is 8.48. The number of sulfonamides is 1. The van der Waals surface area contributed by atoms with Crippen LogP contribution < -0.4 is 10.6 Å². The van der Waals surface area contributed by atoms with E-state index in [4.69, 9.17) is 0 Å². The molecule has 0 unspecified atom stereocenters. The van der Waals surface area contributed by atoms with Gasteiger partial charge in [-0.25, -0.2) is 8.42 Å². The molecule has 0 spiro atoms. The maximum absolute atomic E-state index is 12.6. The van der Waals surface area contributed by atoms with E-state index >= 15 is 0 Å². The van der Waals surface area contributed by atoms with E-state index in [9.17, 15) is 21.6 Å². The van der Waals surface area contributed by atoms with Gasteiger partial charge < -0.3 is 10.6 Å². The number of aromatic nitrogens is 1. The lowest BCUT2D eigenvalue weighted by atomic mass is 9.98. The van der Waals surface area contributed by atoms with Crippen molar-refractivity contribution in [2.75, 3.05) is 32.7 Å². The van der Waals surface area contributed by atoms with Gasteiger partial charge >= 0.3 is 15.5 Å². The van der Waals surface area contributed by atoms with Crippen LogP contribution in [0.3, 0.4) is 0 Å². The normalized spacial score (nSPS) is 16.9. The number of hydrogen-bond acceptors (Lipinski definition) is 4. The van der Waals surface area contributed by atoms with Crippen LogP contribution in [0.4, 0.5) is 13.2 Å². The van der Waals surface area contributed by atoms with E-state index in [-0.39, 0.29) is 43.0 Å². The molecule has 2 N–H and O–H groups in total. The maximum atomic E-state index is 12.6. The van der Waals surface area contributed by atoms with Crippen molar-refractivity contribution in [3.8, 4) is 0 Å². The van der Waals surface area contributed by atoms with Gasteiger partial charge in [-0.1, -0.05) is 6.07 Å². The highest BCUT2D eigenvalue weighted by atomic mass is 127. The first-order chi connectivity index (χ1) is 13.2. The fraction of sp³-hybridized carbons (Fsp3) is 0.647. The Labute approximate surface area is 186 Å². The Hall–Kier alpha value is -1.15. The average molecular weight is 549 g/mol. The van der Waals surface area contributed by atoms with Crippen LogP contribution in [-0.4, -0.2) is 61.9 Å². The summed E-state index contributed by atoms with van der Waals surface area (Å²) in [5, 5.41) is 6.35. The summed E-state index contributed by atoms with van der Waals surface area (Å²) in [7, 11) is -5.23. The van der Waals surface area contributed by atoms with E-state index in [1.807, 2.05) is 19.1 Å². The Kier molecular flexibility index (Phi) is 10.6. The number of aliphatic imine (C=N–C) groups is 1. The molecule has 0 aliphatic carbocycles. The minimum Gasteiger partial charge on any atom is -0.357 e. The molecule has 1 aliphatic rings. The van der Waals surface area contributed by atoms with Crippen molar-refractivity contribution < 1.29 is 21.6 Å². The van der Waals surface area contributed by atoms with E-state index in [0.29, 0.717) is 42.7 Å². The third-order valence-electron chi connectivity index (χ3n) is 4.49. The summed E-state index contributed by atoms with van der Waals surface area (Å²) in [5.41, 5.74) is -4.14. The minimum atomic E-state index is -5.24. The van der Waals surface area contributed by atoms with Crippen LogP contribution in [0.15, 0.2) is 29.5 Å². The summed E-state index contributed by atoms with van der Waals surface area (Å²) in [6.45, 7) is 3.46. The van der Waals surface area contributed by atoms with Gasteiger partial charge in [-0.15, -0.1) is 24.0 Å². The quantitative estimate of drug-likeness (QED) is 0.310. The molecule has 0 saturated carbocycles. The van der Waals surface area contributed by atoms with Crippen molar-refractivity contribution in [1.29, 1.82) is 0 Å². The fourth-order valence-electron chi connectivity index (χ4n) is 2.91. The number of halogens is 4. The van der Waals surface area contributed by atoms with Crippen LogP contribution in [-0.2, 0) is 16.4 Å². The van der Waals surface area contributed by atoms with Crippen molar-refractivity contribution in [3.63, 3.8) is 0 Å². The molecule has 1 aliphatic heterocycles. The SMILES string of the molecule is CCNC(=NCC1CCN(S(=O)(=O)C(F)(F)F)CC1)NCCc1cccnc1.I. The number of alkyl halides is 3. The molecule has 1 aromatic heterocycles. The standard InChI is InChI=1S/C17H26F3N5O2S.HI/c1-2-22-16(23-9-5-14-4-3-8-21-12-14)24-13-15-6-10-25(11-7-15)28(26,27)17(18,19)20;/h3-4,8,12,15H,2,5-7,9-11,13H2,1H3,(H2,22,23,24);1H. The molecule has 0 amide bonds. The number of nitrogens with zero attached hydrogens (tertiary/aromatic N) is 3. The molecule has 1 aromatic rings. The Morgan fingerprint density at radius 3 is 2.55 bits per heavy atom.